The second kappa shape index (κ2) is 11.4. The lowest BCUT2D eigenvalue weighted by Crippen LogP contribution is -2.61. The van der Waals surface area contributed by atoms with Crippen LogP contribution in [0.15, 0.2) is 23.2 Å². The molecule has 5 rings (SSSR count). The van der Waals surface area contributed by atoms with Gasteiger partial charge in [-0.15, -0.1) is 0 Å². The number of hydrogen-bond acceptors (Lipinski definition) is 5. The topological polar surface area (TPSA) is 96.4 Å². The van der Waals surface area contributed by atoms with E-state index >= 15 is 0 Å². The highest BCUT2D eigenvalue weighted by molar-refractivity contribution is 7.90. The summed E-state index contributed by atoms with van der Waals surface area (Å²) in [6, 6.07) is 1.40. The lowest BCUT2D eigenvalue weighted by atomic mass is 9.41. The van der Waals surface area contributed by atoms with Crippen LogP contribution >= 0.6 is 0 Å². The summed E-state index contributed by atoms with van der Waals surface area (Å²) in [6.45, 7) is 9.31. The molecule has 0 spiro atoms. The Kier molecular flexibility index (Phi) is 8.58. The van der Waals surface area contributed by atoms with Crippen LogP contribution in [0.2, 0.25) is 0 Å². The molecule has 3 unspecified atom stereocenters. The van der Waals surface area contributed by atoms with Crippen molar-refractivity contribution < 1.29 is 31.5 Å². The molecule has 1 aromatic rings. The summed E-state index contributed by atoms with van der Waals surface area (Å²) in [5.74, 6) is 2.21. The van der Waals surface area contributed by atoms with Gasteiger partial charge in [-0.25, -0.2) is 13.1 Å². The molecule has 0 aromatic carbocycles. The first-order valence-corrected chi connectivity index (χ1v) is 17.4. The largest absolute Gasteiger partial charge is 0.433 e. The number of aromatic nitrogens is 1. The number of rotatable bonds is 7. The van der Waals surface area contributed by atoms with Gasteiger partial charge in [-0.3, -0.25) is 9.78 Å². The van der Waals surface area contributed by atoms with E-state index in [1.807, 2.05) is 4.72 Å². The van der Waals surface area contributed by atoms with Gasteiger partial charge in [-0.2, -0.15) is 13.2 Å². The molecule has 1 aromatic heterocycles. The normalized spacial score (nSPS) is 39.1. The molecule has 6 nitrogen and oxygen atoms in total. The smallest absolute Gasteiger partial charge is 0.393 e. The first kappa shape index (κ1) is 31.7. The van der Waals surface area contributed by atoms with Crippen molar-refractivity contribution >= 4 is 15.9 Å². The van der Waals surface area contributed by atoms with Gasteiger partial charge >= 0.3 is 6.18 Å². The van der Waals surface area contributed by atoms with Gasteiger partial charge in [0.05, 0.1) is 6.10 Å². The maximum atomic E-state index is 12.8. The van der Waals surface area contributed by atoms with E-state index < -0.39 is 32.7 Å². The van der Waals surface area contributed by atoms with Crippen molar-refractivity contribution in [1.82, 2.24) is 9.71 Å². The number of pyridine rings is 1. The molecule has 0 saturated heterocycles. The second-order valence-corrected chi connectivity index (χ2v) is 16.0. The molecule has 4 fully saturated rings. The van der Waals surface area contributed by atoms with Crippen LogP contribution in [0.4, 0.5) is 13.2 Å². The number of hydrogen-bond donors (Lipinski definition) is 2. The van der Waals surface area contributed by atoms with Crippen LogP contribution in [-0.4, -0.2) is 30.5 Å². The van der Waals surface area contributed by atoms with Gasteiger partial charge in [0.25, 0.3) is 10.0 Å². The van der Waals surface area contributed by atoms with Crippen molar-refractivity contribution in [2.75, 3.05) is 0 Å². The Morgan fingerprint density at radius 2 is 1.79 bits per heavy atom. The highest BCUT2D eigenvalue weighted by atomic mass is 32.2. The summed E-state index contributed by atoms with van der Waals surface area (Å²) >= 11 is 0. The van der Waals surface area contributed by atoms with Crippen molar-refractivity contribution in [1.29, 1.82) is 0 Å². The molecule has 4 aliphatic carbocycles. The Labute approximate surface area is 248 Å². The third-order valence-electron chi connectivity index (χ3n) is 12.5. The van der Waals surface area contributed by atoms with Gasteiger partial charge in [0.2, 0.25) is 5.91 Å². The Balaban J connectivity index is 1.23. The third kappa shape index (κ3) is 5.41. The molecular formula is C32H47F3N2O4S. The summed E-state index contributed by atoms with van der Waals surface area (Å²) < 4.78 is 65.6. The fourth-order valence-corrected chi connectivity index (χ4v) is 11.5. The average molecular weight is 613 g/mol. The van der Waals surface area contributed by atoms with Crippen LogP contribution in [0.5, 0.6) is 0 Å². The van der Waals surface area contributed by atoms with Gasteiger partial charge in [0.1, 0.15) is 10.6 Å². The lowest BCUT2D eigenvalue weighted by molar-refractivity contribution is -0.194. The molecule has 1 amide bonds. The fourth-order valence-electron chi connectivity index (χ4n) is 10.5. The van der Waals surface area contributed by atoms with Crippen LogP contribution in [0.1, 0.15) is 104 Å². The summed E-state index contributed by atoms with van der Waals surface area (Å²) in [7, 11) is -4.32. The monoisotopic (exact) mass is 612 g/mol. The van der Waals surface area contributed by atoms with Crippen molar-refractivity contribution in [3.63, 3.8) is 0 Å². The predicted molar refractivity (Wildman–Crippen MR) is 153 cm³/mol. The molecular weight excluding hydrogens is 565 g/mol. The first-order valence-electron chi connectivity index (χ1n) is 15.9. The standard InChI is InChI=1S/C32H47F3N2O4S/c1-5-21-23-8-6-7-16-30(23,3)25-15-17-31(4)22(11-12-24(31)28(25)29(21)39)19(2)9-14-27(38)37-42(40,41)20-10-13-26(36-18-20)32(33,34)35/h10,13,18-19,21-25,28-29,39H,5-9,11-12,14-17H2,1-4H3,(H,37,38)/t19-,21-,22-,23+,24?,25?,28?,29-,30+,31-/m1/s1. The van der Waals surface area contributed by atoms with Gasteiger partial charge in [-0.05, 0) is 109 Å². The zero-order chi connectivity index (χ0) is 30.7. The zero-order valence-electron chi connectivity index (χ0n) is 25.3. The Bertz CT molecular complexity index is 1260. The van der Waals surface area contributed by atoms with E-state index in [0.29, 0.717) is 59.6 Å². The maximum Gasteiger partial charge on any atom is 0.433 e. The molecule has 2 N–H and O–H groups in total. The quantitative estimate of drug-likeness (QED) is 0.347. The van der Waals surface area contributed by atoms with Crippen LogP contribution in [-0.2, 0) is 21.0 Å². The molecule has 10 heteroatoms. The molecule has 236 valence electrons. The highest BCUT2D eigenvalue weighted by Crippen LogP contribution is 2.69. The van der Waals surface area contributed by atoms with Gasteiger partial charge in [0.15, 0.2) is 0 Å². The minimum Gasteiger partial charge on any atom is -0.393 e. The Morgan fingerprint density at radius 3 is 2.43 bits per heavy atom. The molecule has 4 saturated carbocycles. The highest BCUT2D eigenvalue weighted by Gasteiger charge is 2.64. The van der Waals surface area contributed by atoms with E-state index in [1.165, 1.54) is 25.7 Å². The number of nitrogens with zero attached hydrogens (tertiary/aromatic N) is 1. The maximum absolute atomic E-state index is 12.8. The number of fused-ring (bicyclic) bond motifs is 5. The van der Waals surface area contributed by atoms with Crippen LogP contribution in [0, 0.1) is 52.3 Å². The Hall–Kier alpha value is -1.68. The molecule has 42 heavy (non-hydrogen) atoms. The van der Waals surface area contributed by atoms with E-state index in [0.717, 1.165) is 38.2 Å². The van der Waals surface area contributed by atoms with Crippen molar-refractivity contribution in [2.45, 2.75) is 115 Å². The molecule has 0 aliphatic heterocycles. The van der Waals surface area contributed by atoms with Crippen molar-refractivity contribution in [3.8, 4) is 0 Å². The summed E-state index contributed by atoms with van der Waals surface area (Å²) in [4.78, 5) is 15.4. The summed E-state index contributed by atoms with van der Waals surface area (Å²) in [5.41, 5.74) is -0.816. The number of aliphatic hydroxyl groups excluding tert-OH is 1. The van der Waals surface area contributed by atoms with Gasteiger partial charge < -0.3 is 5.11 Å². The number of carbonyl (C=O) groups excluding carboxylic acids is 1. The van der Waals surface area contributed by atoms with E-state index in [1.54, 1.807) is 0 Å². The minimum atomic E-state index is -4.68. The number of carbonyl (C=O) groups is 1. The number of amides is 1. The molecule has 10 atom stereocenters. The summed E-state index contributed by atoms with van der Waals surface area (Å²) in [5, 5.41) is 11.9. The van der Waals surface area contributed by atoms with Crippen LogP contribution < -0.4 is 4.72 Å². The predicted octanol–water partition coefficient (Wildman–Crippen LogP) is 6.98. The average Bonchev–Trinajstić information content (AvgIpc) is 3.28. The van der Waals surface area contributed by atoms with Crippen LogP contribution in [0.25, 0.3) is 0 Å². The molecule has 0 bridgehead atoms. The molecule has 4 aliphatic rings. The summed E-state index contributed by atoms with van der Waals surface area (Å²) in [6.07, 6.45) is 6.71. The van der Waals surface area contributed by atoms with E-state index in [4.69, 9.17) is 0 Å². The van der Waals surface area contributed by atoms with Crippen LogP contribution in [0.3, 0.4) is 0 Å². The lowest BCUT2D eigenvalue weighted by Gasteiger charge is -2.64. The first-order chi connectivity index (χ1) is 19.6. The van der Waals surface area contributed by atoms with Crippen molar-refractivity contribution in [2.24, 2.45) is 52.3 Å². The van der Waals surface area contributed by atoms with Crippen molar-refractivity contribution in [3.05, 3.63) is 24.0 Å². The Morgan fingerprint density at radius 1 is 1.07 bits per heavy atom. The number of aliphatic hydroxyl groups is 1. The fraction of sp³-hybridized carbons (Fsp3) is 0.812. The van der Waals surface area contributed by atoms with E-state index in [9.17, 15) is 31.5 Å². The van der Waals surface area contributed by atoms with Gasteiger partial charge in [-0.1, -0.05) is 47.0 Å². The second-order valence-electron chi connectivity index (χ2n) is 14.4. The van der Waals surface area contributed by atoms with E-state index in [-0.39, 0.29) is 23.9 Å². The zero-order valence-corrected chi connectivity index (χ0v) is 26.1. The SMILES string of the molecule is CC[C@H]1[C@@H](O)C2C3CC[C@H]([C@H](C)CCC(=O)NS(=O)(=O)c4ccc(C(F)(F)F)nc4)[C@@]3(C)CCC2[C@@]2(C)CCCC[C@@H]12. The van der Waals surface area contributed by atoms with E-state index in [2.05, 4.69) is 32.7 Å². The molecule has 1 heterocycles. The minimum absolute atomic E-state index is 0.0119. The number of alkyl halides is 3. The number of nitrogens with one attached hydrogen (secondary N) is 1. The third-order valence-corrected chi connectivity index (χ3v) is 13.9. The van der Waals surface area contributed by atoms with Gasteiger partial charge in [0, 0.05) is 12.6 Å². The molecule has 0 radical (unpaired) electrons. The number of sulfonamides is 1. The number of halogens is 3.